The molecule has 0 saturated carbocycles. The predicted octanol–water partition coefficient (Wildman–Crippen LogP) is 4.29. The molecule has 1 N–H and O–H groups in total. The topological polar surface area (TPSA) is 110 Å². The van der Waals surface area contributed by atoms with E-state index in [0.717, 1.165) is 0 Å². The Hall–Kier alpha value is -3.98. The van der Waals surface area contributed by atoms with Gasteiger partial charge in [-0.25, -0.2) is 0 Å². The van der Waals surface area contributed by atoms with Crippen LogP contribution in [-0.4, -0.2) is 28.8 Å². The molecule has 1 fully saturated rings. The van der Waals surface area contributed by atoms with Crippen LogP contribution >= 0.6 is 11.3 Å². The number of rotatable bonds is 5. The highest BCUT2D eigenvalue weighted by atomic mass is 32.1. The molecule has 3 aromatic rings. The minimum Gasteiger partial charge on any atom is -0.507 e. The summed E-state index contributed by atoms with van der Waals surface area (Å²) in [5.74, 6) is -1.39. The van der Waals surface area contributed by atoms with Gasteiger partial charge in [-0.3, -0.25) is 24.6 Å². The summed E-state index contributed by atoms with van der Waals surface area (Å²) in [4.78, 5) is 38.3. The van der Waals surface area contributed by atoms with Crippen LogP contribution in [0.25, 0.3) is 5.76 Å². The molecule has 4 rings (SSSR count). The van der Waals surface area contributed by atoms with Crippen LogP contribution in [-0.2, 0) is 9.59 Å². The van der Waals surface area contributed by atoms with Crippen molar-refractivity contribution in [3.05, 3.63) is 92.2 Å². The summed E-state index contributed by atoms with van der Waals surface area (Å²) in [7, 11) is 1.52. The van der Waals surface area contributed by atoms with E-state index in [1.807, 2.05) is 5.38 Å². The molecule has 31 heavy (non-hydrogen) atoms. The van der Waals surface area contributed by atoms with Gasteiger partial charge in [-0.2, -0.15) is 0 Å². The summed E-state index contributed by atoms with van der Waals surface area (Å²) in [5.41, 5.74) is 0.464. The third-order valence-electron chi connectivity index (χ3n) is 4.96. The molecule has 1 aliphatic heterocycles. The maximum absolute atomic E-state index is 13.0. The van der Waals surface area contributed by atoms with Gasteiger partial charge in [0, 0.05) is 28.3 Å². The number of non-ortho nitro benzene ring substituents is 1. The highest BCUT2D eigenvalue weighted by Crippen LogP contribution is 2.43. The van der Waals surface area contributed by atoms with E-state index in [0.29, 0.717) is 16.3 Å². The van der Waals surface area contributed by atoms with Crippen LogP contribution in [0, 0.1) is 10.1 Å². The van der Waals surface area contributed by atoms with Gasteiger partial charge in [0.05, 0.1) is 17.6 Å². The quantitative estimate of drug-likeness (QED) is 0.210. The highest BCUT2D eigenvalue weighted by molar-refractivity contribution is 7.10. The molecule has 8 nitrogen and oxygen atoms in total. The van der Waals surface area contributed by atoms with Gasteiger partial charge in [0.25, 0.3) is 17.4 Å². The van der Waals surface area contributed by atoms with Gasteiger partial charge in [-0.1, -0.05) is 6.07 Å². The average molecular weight is 436 g/mol. The molecule has 2 heterocycles. The molecular weight excluding hydrogens is 420 g/mol. The van der Waals surface area contributed by atoms with Gasteiger partial charge >= 0.3 is 0 Å². The fourth-order valence-corrected chi connectivity index (χ4v) is 4.28. The molecule has 1 saturated heterocycles. The van der Waals surface area contributed by atoms with Crippen LogP contribution in [0.2, 0.25) is 0 Å². The van der Waals surface area contributed by atoms with Gasteiger partial charge in [0.15, 0.2) is 0 Å². The zero-order valence-corrected chi connectivity index (χ0v) is 17.0. The van der Waals surface area contributed by atoms with Crippen molar-refractivity contribution in [2.75, 3.05) is 12.0 Å². The Morgan fingerprint density at radius 3 is 2.32 bits per heavy atom. The van der Waals surface area contributed by atoms with Crippen molar-refractivity contribution in [2.24, 2.45) is 0 Å². The molecule has 0 aliphatic carbocycles. The van der Waals surface area contributed by atoms with Gasteiger partial charge in [-0.05, 0) is 47.8 Å². The number of Topliss-reactive ketones (excluding diaryl/α,β-unsaturated/α-hetero) is 1. The van der Waals surface area contributed by atoms with E-state index in [-0.39, 0.29) is 22.6 Å². The van der Waals surface area contributed by atoms with E-state index in [2.05, 4.69) is 0 Å². The van der Waals surface area contributed by atoms with Crippen LogP contribution in [0.3, 0.4) is 0 Å². The Balaban J connectivity index is 1.86. The number of hydrogen-bond acceptors (Lipinski definition) is 7. The van der Waals surface area contributed by atoms with E-state index in [4.69, 9.17) is 4.74 Å². The van der Waals surface area contributed by atoms with Crippen molar-refractivity contribution >= 4 is 40.2 Å². The summed E-state index contributed by atoms with van der Waals surface area (Å²) >= 11 is 1.35. The Labute approximate surface area is 180 Å². The molecule has 1 aliphatic rings. The van der Waals surface area contributed by atoms with E-state index in [1.54, 1.807) is 36.4 Å². The number of amides is 1. The van der Waals surface area contributed by atoms with Crippen LogP contribution in [0.4, 0.5) is 11.4 Å². The number of aliphatic hydroxyl groups is 1. The fraction of sp³-hybridized carbons (Fsp3) is 0.0909. The lowest BCUT2D eigenvalue weighted by Gasteiger charge is -2.24. The first-order chi connectivity index (χ1) is 14.9. The van der Waals surface area contributed by atoms with Crippen molar-refractivity contribution < 1.29 is 24.4 Å². The maximum Gasteiger partial charge on any atom is 0.300 e. The van der Waals surface area contributed by atoms with Crippen molar-refractivity contribution in [3.63, 3.8) is 0 Å². The molecule has 9 heteroatoms. The van der Waals surface area contributed by atoms with E-state index >= 15 is 0 Å². The molecule has 0 spiro atoms. The van der Waals surface area contributed by atoms with Crippen molar-refractivity contribution in [1.29, 1.82) is 0 Å². The summed E-state index contributed by atoms with van der Waals surface area (Å²) in [6.45, 7) is 0. The van der Waals surface area contributed by atoms with Crippen molar-refractivity contribution in [2.45, 2.75) is 6.04 Å². The van der Waals surface area contributed by atoms with Gasteiger partial charge in [0.2, 0.25) is 0 Å². The molecule has 2 aromatic carbocycles. The highest BCUT2D eigenvalue weighted by Gasteiger charge is 2.47. The summed E-state index contributed by atoms with van der Waals surface area (Å²) in [6.07, 6.45) is 0. The van der Waals surface area contributed by atoms with Crippen LogP contribution < -0.4 is 9.64 Å². The number of benzene rings is 2. The maximum atomic E-state index is 13.0. The molecule has 0 radical (unpaired) electrons. The lowest BCUT2D eigenvalue weighted by molar-refractivity contribution is -0.384. The molecule has 1 aromatic heterocycles. The third kappa shape index (κ3) is 3.55. The first-order valence-electron chi connectivity index (χ1n) is 9.15. The standard InChI is InChI=1S/C22H16N2O6S/c1-30-16-10-8-14(9-11-16)23-19(17-3-2-12-31-17)18(21(26)22(23)27)20(25)13-4-6-15(7-5-13)24(28)29/h2-12,19,25H,1H3/b20-18-. The molecular formula is C22H16N2O6S. The first kappa shape index (κ1) is 20.3. The Bertz CT molecular complexity index is 1180. The third-order valence-corrected chi connectivity index (χ3v) is 5.88. The second kappa shape index (κ2) is 8.04. The van der Waals surface area contributed by atoms with E-state index in [9.17, 15) is 24.8 Å². The minimum absolute atomic E-state index is 0.0721. The van der Waals surface area contributed by atoms with E-state index < -0.39 is 22.7 Å². The minimum atomic E-state index is -0.830. The van der Waals surface area contributed by atoms with Crippen molar-refractivity contribution in [1.82, 2.24) is 0 Å². The number of thiophene rings is 1. The fourth-order valence-electron chi connectivity index (χ4n) is 3.45. The lowest BCUT2D eigenvalue weighted by Crippen LogP contribution is -2.29. The largest absolute Gasteiger partial charge is 0.507 e. The number of anilines is 1. The Kier molecular flexibility index (Phi) is 5.26. The van der Waals surface area contributed by atoms with Crippen molar-refractivity contribution in [3.8, 4) is 5.75 Å². The number of nitro groups is 1. The second-order valence-electron chi connectivity index (χ2n) is 6.69. The van der Waals surface area contributed by atoms with Gasteiger partial charge < -0.3 is 9.84 Å². The smallest absolute Gasteiger partial charge is 0.300 e. The summed E-state index contributed by atoms with van der Waals surface area (Å²) in [5, 5.41) is 23.7. The molecule has 156 valence electrons. The summed E-state index contributed by atoms with van der Waals surface area (Å²) < 4.78 is 5.16. The number of nitro benzene ring substituents is 1. The predicted molar refractivity (Wildman–Crippen MR) is 115 cm³/mol. The van der Waals surface area contributed by atoms with E-state index in [1.165, 1.54) is 47.6 Å². The zero-order chi connectivity index (χ0) is 22.1. The normalized spacial score (nSPS) is 17.7. The second-order valence-corrected chi connectivity index (χ2v) is 7.67. The average Bonchev–Trinajstić information content (AvgIpc) is 3.40. The first-order valence-corrected chi connectivity index (χ1v) is 10.0. The van der Waals surface area contributed by atoms with Crippen LogP contribution in [0.5, 0.6) is 5.75 Å². The Morgan fingerprint density at radius 2 is 1.77 bits per heavy atom. The molecule has 1 atom stereocenters. The zero-order valence-electron chi connectivity index (χ0n) is 16.2. The van der Waals surface area contributed by atoms with Gasteiger partial charge in [0.1, 0.15) is 17.6 Å². The molecule has 0 bridgehead atoms. The summed E-state index contributed by atoms with van der Waals surface area (Å²) in [6, 6.07) is 14.6. The molecule has 1 amide bonds. The number of carbonyl (C=O) groups excluding carboxylic acids is 2. The van der Waals surface area contributed by atoms with Gasteiger partial charge in [-0.15, -0.1) is 11.3 Å². The number of carbonyl (C=O) groups is 2. The number of hydrogen-bond donors (Lipinski definition) is 1. The Morgan fingerprint density at radius 1 is 1.10 bits per heavy atom. The number of ketones is 1. The SMILES string of the molecule is COc1ccc(N2C(=O)C(=O)/C(=C(\O)c3ccc([N+](=O)[O-])cc3)C2c2cccs2)cc1. The number of ether oxygens (including phenoxy) is 1. The molecule has 1 unspecified atom stereocenters. The lowest BCUT2D eigenvalue weighted by atomic mass is 9.99. The monoisotopic (exact) mass is 436 g/mol. The number of aliphatic hydroxyl groups excluding tert-OH is 1. The number of nitrogens with zero attached hydrogens (tertiary/aromatic N) is 2. The van der Waals surface area contributed by atoms with Crippen LogP contribution in [0.15, 0.2) is 71.6 Å². The van der Waals surface area contributed by atoms with Crippen LogP contribution in [0.1, 0.15) is 16.5 Å². The number of methoxy groups -OCH3 is 1.